The summed E-state index contributed by atoms with van der Waals surface area (Å²) in [5, 5.41) is 2.11. The fourth-order valence-corrected chi connectivity index (χ4v) is 1.67. The Morgan fingerprint density at radius 3 is 2.60 bits per heavy atom. The monoisotopic (exact) mass is 199 g/mol. The Morgan fingerprint density at radius 2 is 1.93 bits per heavy atom. The van der Waals surface area contributed by atoms with Crippen molar-refractivity contribution in [3.05, 3.63) is 42.0 Å². The van der Waals surface area contributed by atoms with Gasteiger partial charge in [0, 0.05) is 25.3 Å². The normalized spacial score (nSPS) is 10.3. The molecule has 2 rings (SSSR count). The summed E-state index contributed by atoms with van der Waals surface area (Å²) in [6, 6.07) is 11.9. The Hall–Kier alpha value is -1.83. The van der Waals surface area contributed by atoms with Gasteiger partial charge < -0.3 is 4.90 Å². The Bertz CT molecular complexity index is 503. The standard InChI is InChI=1S/C13H13NO/c1-14(2)12-7-6-10-4-3-5-11(9-15)13(10)8-12/h3-9H,1-2H3. The summed E-state index contributed by atoms with van der Waals surface area (Å²) in [6.45, 7) is 0. The zero-order valence-corrected chi connectivity index (χ0v) is 8.90. The Morgan fingerprint density at radius 1 is 1.13 bits per heavy atom. The third-order valence-electron chi connectivity index (χ3n) is 2.54. The van der Waals surface area contributed by atoms with Crippen molar-refractivity contribution in [2.45, 2.75) is 0 Å². The van der Waals surface area contributed by atoms with E-state index < -0.39 is 0 Å². The molecule has 0 aliphatic carbocycles. The van der Waals surface area contributed by atoms with Gasteiger partial charge in [0.25, 0.3) is 0 Å². The molecule has 0 atom stereocenters. The van der Waals surface area contributed by atoms with E-state index in [1.807, 2.05) is 49.3 Å². The third kappa shape index (κ3) is 1.71. The van der Waals surface area contributed by atoms with Crippen molar-refractivity contribution in [1.82, 2.24) is 0 Å². The number of hydrogen-bond donors (Lipinski definition) is 0. The van der Waals surface area contributed by atoms with E-state index in [4.69, 9.17) is 0 Å². The van der Waals surface area contributed by atoms with Crippen molar-refractivity contribution in [3.63, 3.8) is 0 Å². The second kappa shape index (κ2) is 3.73. The topological polar surface area (TPSA) is 20.3 Å². The molecule has 0 N–H and O–H groups in total. The van der Waals surface area contributed by atoms with Crippen LogP contribution in [-0.2, 0) is 0 Å². The Labute approximate surface area is 89.1 Å². The predicted octanol–water partition coefficient (Wildman–Crippen LogP) is 2.72. The molecule has 2 nitrogen and oxygen atoms in total. The van der Waals surface area contributed by atoms with E-state index in [9.17, 15) is 4.79 Å². The van der Waals surface area contributed by atoms with Crippen LogP contribution in [0.2, 0.25) is 0 Å². The van der Waals surface area contributed by atoms with Crippen LogP contribution in [0.1, 0.15) is 10.4 Å². The van der Waals surface area contributed by atoms with E-state index in [0.717, 1.165) is 28.3 Å². The van der Waals surface area contributed by atoms with Gasteiger partial charge in [-0.3, -0.25) is 4.79 Å². The van der Waals surface area contributed by atoms with Gasteiger partial charge in [0.05, 0.1) is 0 Å². The first kappa shape index (κ1) is 9.71. The van der Waals surface area contributed by atoms with Gasteiger partial charge in [0.2, 0.25) is 0 Å². The number of carbonyl (C=O) groups excluding carboxylic acids is 1. The summed E-state index contributed by atoms with van der Waals surface area (Å²) in [5.41, 5.74) is 1.85. The van der Waals surface area contributed by atoms with E-state index >= 15 is 0 Å². The van der Waals surface area contributed by atoms with Crippen LogP contribution in [0.15, 0.2) is 36.4 Å². The summed E-state index contributed by atoms with van der Waals surface area (Å²) in [4.78, 5) is 12.9. The zero-order valence-electron chi connectivity index (χ0n) is 8.90. The van der Waals surface area contributed by atoms with Gasteiger partial charge in [0.15, 0.2) is 6.29 Å². The molecule has 0 saturated carbocycles. The van der Waals surface area contributed by atoms with Crippen LogP contribution in [0, 0.1) is 0 Å². The number of benzene rings is 2. The van der Waals surface area contributed by atoms with Crippen LogP contribution in [0.25, 0.3) is 10.8 Å². The molecule has 0 fully saturated rings. The number of carbonyl (C=O) groups is 1. The van der Waals surface area contributed by atoms with E-state index in [2.05, 4.69) is 6.07 Å². The minimum atomic E-state index is 0.746. The number of rotatable bonds is 2. The molecular formula is C13H13NO. The average Bonchev–Trinajstić information content (AvgIpc) is 2.27. The quantitative estimate of drug-likeness (QED) is 0.693. The van der Waals surface area contributed by atoms with E-state index in [1.165, 1.54) is 0 Å². The molecule has 0 amide bonds. The maximum Gasteiger partial charge on any atom is 0.150 e. The molecule has 76 valence electrons. The van der Waals surface area contributed by atoms with Crippen LogP contribution in [0.5, 0.6) is 0 Å². The third-order valence-corrected chi connectivity index (χ3v) is 2.54. The molecule has 0 aromatic heterocycles. The lowest BCUT2D eigenvalue weighted by Crippen LogP contribution is -2.08. The first-order valence-electron chi connectivity index (χ1n) is 4.87. The molecular weight excluding hydrogens is 186 g/mol. The van der Waals surface area contributed by atoms with Crippen LogP contribution < -0.4 is 4.90 Å². The summed E-state index contributed by atoms with van der Waals surface area (Å²) in [6.07, 6.45) is 0.905. The molecule has 15 heavy (non-hydrogen) atoms. The smallest absolute Gasteiger partial charge is 0.150 e. The van der Waals surface area contributed by atoms with Crippen molar-refractivity contribution in [2.24, 2.45) is 0 Å². The van der Waals surface area contributed by atoms with Crippen molar-refractivity contribution >= 4 is 22.7 Å². The van der Waals surface area contributed by atoms with Gasteiger partial charge in [-0.15, -0.1) is 0 Å². The fourth-order valence-electron chi connectivity index (χ4n) is 1.67. The highest BCUT2D eigenvalue weighted by molar-refractivity contribution is 5.99. The maximum absolute atomic E-state index is 10.9. The van der Waals surface area contributed by atoms with Crippen molar-refractivity contribution in [3.8, 4) is 0 Å². The largest absolute Gasteiger partial charge is 0.378 e. The predicted molar refractivity (Wildman–Crippen MR) is 63.7 cm³/mol. The lowest BCUT2D eigenvalue weighted by molar-refractivity contribution is 0.112. The average molecular weight is 199 g/mol. The van der Waals surface area contributed by atoms with Gasteiger partial charge in [-0.05, 0) is 22.9 Å². The van der Waals surface area contributed by atoms with E-state index in [0.29, 0.717) is 0 Å². The zero-order chi connectivity index (χ0) is 10.8. The molecule has 0 bridgehead atoms. The first-order chi connectivity index (χ1) is 7.22. The molecule has 0 aliphatic rings. The van der Waals surface area contributed by atoms with Crippen LogP contribution >= 0.6 is 0 Å². The minimum Gasteiger partial charge on any atom is -0.378 e. The second-order valence-electron chi connectivity index (χ2n) is 3.76. The van der Waals surface area contributed by atoms with Gasteiger partial charge in [-0.2, -0.15) is 0 Å². The molecule has 0 heterocycles. The van der Waals surface area contributed by atoms with Gasteiger partial charge in [0.1, 0.15) is 0 Å². The molecule has 0 radical (unpaired) electrons. The Balaban J connectivity index is 2.72. The summed E-state index contributed by atoms with van der Waals surface area (Å²) in [5.74, 6) is 0. The Kier molecular flexibility index (Phi) is 2.42. The van der Waals surface area contributed by atoms with Crippen molar-refractivity contribution < 1.29 is 4.79 Å². The fraction of sp³-hybridized carbons (Fsp3) is 0.154. The number of aldehydes is 1. The lowest BCUT2D eigenvalue weighted by atomic mass is 10.0. The molecule has 0 spiro atoms. The lowest BCUT2D eigenvalue weighted by Gasteiger charge is -2.13. The number of nitrogens with zero attached hydrogens (tertiary/aromatic N) is 1. The summed E-state index contributed by atoms with van der Waals surface area (Å²) in [7, 11) is 3.98. The molecule has 2 aromatic carbocycles. The molecule has 0 aliphatic heterocycles. The SMILES string of the molecule is CN(C)c1ccc2cccc(C=O)c2c1. The molecule has 0 saturated heterocycles. The highest BCUT2D eigenvalue weighted by Gasteiger charge is 2.01. The van der Waals surface area contributed by atoms with Crippen molar-refractivity contribution in [1.29, 1.82) is 0 Å². The number of hydrogen-bond acceptors (Lipinski definition) is 2. The highest BCUT2D eigenvalue weighted by Crippen LogP contribution is 2.23. The number of anilines is 1. The van der Waals surface area contributed by atoms with Crippen LogP contribution in [0.3, 0.4) is 0 Å². The first-order valence-corrected chi connectivity index (χ1v) is 4.87. The van der Waals surface area contributed by atoms with Crippen LogP contribution in [-0.4, -0.2) is 20.4 Å². The van der Waals surface area contributed by atoms with Gasteiger partial charge in [-0.25, -0.2) is 0 Å². The summed E-state index contributed by atoms with van der Waals surface area (Å²) >= 11 is 0. The second-order valence-corrected chi connectivity index (χ2v) is 3.76. The number of fused-ring (bicyclic) bond motifs is 1. The van der Waals surface area contributed by atoms with Crippen molar-refractivity contribution in [2.75, 3.05) is 19.0 Å². The maximum atomic E-state index is 10.9. The van der Waals surface area contributed by atoms with Crippen LogP contribution in [0.4, 0.5) is 5.69 Å². The van der Waals surface area contributed by atoms with Gasteiger partial charge >= 0.3 is 0 Å². The van der Waals surface area contributed by atoms with E-state index in [1.54, 1.807) is 0 Å². The van der Waals surface area contributed by atoms with Gasteiger partial charge in [-0.1, -0.05) is 24.3 Å². The summed E-state index contributed by atoms with van der Waals surface area (Å²) < 4.78 is 0. The molecule has 2 heteroatoms. The molecule has 2 aromatic rings. The van der Waals surface area contributed by atoms with E-state index in [-0.39, 0.29) is 0 Å². The highest BCUT2D eigenvalue weighted by atomic mass is 16.1. The minimum absolute atomic E-state index is 0.746. The molecule has 0 unspecified atom stereocenters.